The maximum atomic E-state index is 13.8. The van der Waals surface area contributed by atoms with Gasteiger partial charge in [-0.3, -0.25) is 4.79 Å². The van der Waals surface area contributed by atoms with Crippen molar-refractivity contribution in [1.82, 2.24) is 9.71 Å². The average Bonchev–Trinajstić information content (AvgIpc) is 3.05. The Morgan fingerprint density at radius 2 is 1.97 bits per heavy atom. The Bertz CT molecular complexity index is 971. The van der Waals surface area contributed by atoms with Gasteiger partial charge in [-0.25, -0.2) is 26.9 Å². The molecule has 0 saturated heterocycles. The number of carbonyl (C=O) groups is 1. The van der Waals surface area contributed by atoms with E-state index in [4.69, 9.17) is 0 Å². The summed E-state index contributed by atoms with van der Waals surface area (Å²) in [6, 6.07) is 3.21. The van der Waals surface area contributed by atoms with E-state index in [1.54, 1.807) is 0 Å². The van der Waals surface area contributed by atoms with Crippen LogP contribution in [-0.4, -0.2) is 31.1 Å². The Hall–Kier alpha value is -1.91. The van der Waals surface area contributed by atoms with Gasteiger partial charge in [-0.15, -0.1) is 11.3 Å². The topological polar surface area (TPSA) is 88.2 Å². The highest BCUT2D eigenvalue weighted by molar-refractivity contribution is 7.90. The van der Waals surface area contributed by atoms with Crippen LogP contribution in [0.2, 0.25) is 0 Å². The minimum Gasteiger partial charge on any atom is -0.301 e. The number of hydrogen-bond acceptors (Lipinski definition) is 5. The van der Waals surface area contributed by atoms with Crippen LogP contribution in [0.5, 0.6) is 0 Å². The molecule has 6 nitrogen and oxygen atoms in total. The second kappa shape index (κ2) is 9.27. The predicted octanol–water partition coefficient (Wildman–Crippen LogP) is 3.45. The zero-order chi connectivity index (χ0) is 21.0. The van der Waals surface area contributed by atoms with Crippen molar-refractivity contribution in [3.8, 4) is 0 Å². The summed E-state index contributed by atoms with van der Waals surface area (Å²) in [5.74, 6) is -2.07. The number of nitrogens with zero attached hydrogens (tertiary/aromatic N) is 1. The van der Waals surface area contributed by atoms with E-state index in [9.17, 15) is 22.0 Å². The first-order chi connectivity index (χ1) is 13.7. The lowest BCUT2D eigenvalue weighted by molar-refractivity contribution is -0.113. The Morgan fingerprint density at radius 1 is 1.24 bits per heavy atom. The molecule has 1 amide bonds. The normalized spacial score (nSPS) is 19.8. The Morgan fingerprint density at radius 3 is 2.66 bits per heavy atom. The maximum absolute atomic E-state index is 13.8. The lowest BCUT2D eigenvalue weighted by atomic mass is 9.88. The molecule has 1 fully saturated rings. The van der Waals surface area contributed by atoms with Crippen LogP contribution in [0, 0.1) is 17.6 Å². The molecule has 10 heteroatoms. The van der Waals surface area contributed by atoms with Gasteiger partial charge in [-0.1, -0.05) is 13.0 Å². The summed E-state index contributed by atoms with van der Waals surface area (Å²) in [6.07, 6.45) is 5.15. The molecule has 1 aliphatic carbocycles. The van der Waals surface area contributed by atoms with E-state index < -0.39 is 33.3 Å². The number of amides is 1. The van der Waals surface area contributed by atoms with Gasteiger partial charge in [-0.05, 0) is 43.2 Å². The molecule has 0 spiro atoms. The molecule has 0 radical (unpaired) electrons. The highest BCUT2D eigenvalue weighted by atomic mass is 32.2. The first-order valence-corrected chi connectivity index (χ1v) is 11.9. The van der Waals surface area contributed by atoms with Gasteiger partial charge in [0.15, 0.2) is 5.13 Å². The monoisotopic (exact) mass is 443 g/mol. The van der Waals surface area contributed by atoms with Crippen LogP contribution < -0.4 is 10.0 Å². The first-order valence-electron chi connectivity index (χ1n) is 9.38. The number of benzene rings is 1. The van der Waals surface area contributed by atoms with Crippen molar-refractivity contribution >= 4 is 32.4 Å². The van der Waals surface area contributed by atoms with Crippen molar-refractivity contribution in [2.24, 2.45) is 5.92 Å². The number of aromatic nitrogens is 1. The van der Waals surface area contributed by atoms with Gasteiger partial charge < -0.3 is 5.32 Å². The SMILES string of the molecule is CC1CCC(NS(=O)(=O)CC(=O)Nc2ncc(Cc3ccc(F)cc3F)s2)CC1. The van der Waals surface area contributed by atoms with Crippen LogP contribution in [0.25, 0.3) is 0 Å². The molecule has 2 N–H and O–H groups in total. The van der Waals surface area contributed by atoms with Crippen LogP contribution in [0.1, 0.15) is 43.0 Å². The predicted molar refractivity (Wildman–Crippen MR) is 108 cm³/mol. The van der Waals surface area contributed by atoms with Crippen molar-refractivity contribution in [2.45, 2.75) is 45.1 Å². The molecule has 1 heterocycles. The maximum Gasteiger partial charge on any atom is 0.242 e. The quantitative estimate of drug-likeness (QED) is 0.686. The minimum absolute atomic E-state index is 0.124. The summed E-state index contributed by atoms with van der Waals surface area (Å²) >= 11 is 1.11. The van der Waals surface area contributed by atoms with E-state index in [0.717, 1.165) is 43.1 Å². The number of nitrogens with one attached hydrogen (secondary N) is 2. The van der Waals surface area contributed by atoms with Crippen LogP contribution in [-0.2, 0) is 21.2 Å². The molecule has 0 bridgehead atoms. The average molecular weight is 444 g/mol. The van der Waals surface area contributed by atoms with Gasteiger partial charge in [0.25, 0.3) is 0 Å². The number of thiazole rings is 1. The third-order valence-corrected chi connectivity index (χ3v) is 7.11. The van der Waals surface area contributed by atoms with Gasteiger partial charge in [0.2, 0.25) is 15.9 Å². The molecule has 1 saturated carbocycles. The summed E-state index contributed by atoms with van der Waals surface area (Å²) in [5, 5.41) is 2.70. The molecule has 0 unspecified atom stereocenters. The first kappa shape index (κ1) is 21.8. The smallest absolute Gasteiger partial charge is 0.242 e. The second-order valence-corrected chi connectivity index (χ2v) is 10.3. The van der Waals surface area contributed by atoms with E-state index >= 15 is 0 Å². The molecule has 3 rings (SSSR count). The third kappa shape index (κ3) is 6.55. The van der Waals surface area contributed by atoms with Crippen molar-refractivity contribution in [2.75, 3.05) is 11.1 Å². The van der Waals surface area contributed by atoms with Crippen LogP contribution >= 0.6 is 11.3 Å². The van der Waals surface area contributed by atoms with Crippen molar-refractivity contribution in [3.63, 3.8) is 0 Å². The Balaban J connectivity index is 1.53. The Kier molecular flexibility index (Phi) is 6.97. The highest BCUT2D eigenvalue weighted by Gasteiger charge is 2.25. The zero-order valence-electron chi connectivity index (χ0n) is 16.0. The van der Waals surface area contributed by atoms with Gasteiger partial charge in [0.05, 0.1) is 0 Å². The second-order valence-electron chi connectivity index (χ2n) is 7.43. The van der Waals surface area contributed by atoms with E-state index in [1.165, 1.54) is 18.3 Å². The fourth-order valence-electron chi connectivity index (χ4n) is 3.30. The summed E-state index contributed by atoms with van der Waals surface area (Å²) in [4.78, 5) is 16.8. The summed E-state index contributed by atoms with van der Waals surface area (Å²) in [7, 11) is -3.74. The third-order valence-electron chi connectivity index (χ3n) is 4.86. The number of sulfonamides is 1. The summed E-state index contributed by atoms with van der Waals surface area (Å²) in [5.41, 5.74) is 0.307. The Labute approximate surface area is 172 Å². The molecular weight excluding hydrogens is 420 g/mol. The standard InChI is InChI=1S/C19H23F2N3O3S2/c1-12-2-6-15(7-3-12)24-29(26,27)11-18(25)23-19-22-10-16(28-19)8-13-4-5-14(20)9-17(13)21/h4-5,9-10,12,15,24H,2-3,6-8,11H2,1H3,(H,22,23,25). The minimum atomic E-state index is -3.74. The number of carbonyl (C=O) groups excluding carboxylic acids is 1. The molecule has 0 atom stereocenters. The van der Waals surface area contributed by atoms with Crippen LogP contribution in [0.3, 0.4) is 0 Å². The number of halogens is 2. The number of anilines is 1. The number of hydrogen-bond donors (Lipinski definition) is 2. The molecule has 2 aromatic rings. The molecule has 1 aromatic heterocycles. The van der Waals surface area contributed by atoms with E-state index in [2.05, 4.69) is 21.9 Å². The lowest BCUT2D eigenvalue weighted by Crippen LogP contribution is -2.41. The summed E-state index contributed by atoms with van der Waals surface area (Å²) < 4.78 is 53.8. The van der Waals surface area contributed by atoms with Gasteiger partial charge in [-0.2, -0.15) is 0 Å². The van der Waals surface area contributed by atoms with Gasteiger partial charge in [0, 0.05) is 29.6 Å². The molecule has 0 aliphatic heterocycles. The van der Waals surface area contributed by atoms with Gasteiger partial charge >= 0.3 is 0 Å². The lowest BCUT2D eigenvalue weighted by Gasteiger charge is -2.26. The van der Waals surface area contributed by atoms with Gasteiger partial charge in [0.1, 0.15) is 17.4 Å². The molecular formula is C19H23F2N3O3S2. The fourth-order valence-corrected chi connectivity index (χ4v) is 5.40. The number of rotatable bonds is 7. The molecule has 29 heavy (non-hydrogen) atoms. The fraction of sp³-hybridized carbons (Fsp3) is 0.474. The van der Waals surface area contributed by atoms with Crippen LogP contribution in [0.15, 0.2) is 24.4 Å². The van der Waals surface area contributed by atoms with E-state index in [-0.39, 0.29) is 17.6 Å². The molecule has 1 aliphatic rings. The molecule has 158 valence electrons. The molecule has 1 aromatic carbocycles. The van der Waals surface area contributed by atoms with E-state index in [1.807, 2.05) is 0 Å². The highest BCUT2D eigenvalue weighted by Crippen LogP contribution is 2.24. The van der Waals surface area contributed by atoms with Crippen molar-refractivity contribution in [3.05, 3.63) is 46.5 Å². The zero-order valence-corrected chi connectivity index (χ0v) is 17.6. The van der Waals surface area contributed by atoms with Crippen molar-refractivity contribution < 1.29 is 22.0 Å². The van der Waals surface area contributed by atoms with Crippen LogP contribution in [0.4, 0.5) is 13.9 Å². The van der Waals surface area contributed by atoms with E-state index in [0.29, 0.717) is 16.4 Å². The van der Waals surface area contributed by atoms with Crippen molar-refractivity contribution in [1.29, 1.82) is 0 Å². The largest absolute Gasteiger partial charge is 0.301 e. The summed E-state index contributed by atoms with van der Waals surface area (Å²) in [6.45, 7) is 2.14.